The first-order valence-electron chi connectivity index (χ1n) is 7.58. The first-order valence-corrected chi connectivity index (χ1v) is 7.58. The lowest BCUT2D eigenvalue weighted by Crippen LogP contribution is -2.62. The molecular formula is C17H28N2. The molecule has 1 heterocycles. The summed E-state index contributed by atoms with van der Waals surface area (Å²) in [7, 11) is 0. The molecule has 0 aromatic heterocycles. The highest BCUT2D eigenvalue weighted by atomic mass is 15.3. The van der Waals surface area contributed by atoms with Gasteiger partial charge in [-0.05, 0) is 56.9 Å². The van der Waals surface area contributed by atoms with Gasteiger partial charge in [0, 0.05) is 30.4 Å². The van der Waals surface area contributed by atoms with Crippen LogP contribution in [0.4, 0.5) is 5.69 Å². The maximum absolute atomic E-state index is 3.73. The summed E-state index contributed by atoms with van der Waals surface area (Å²) >= 11 is 0. The van der Waals surface area contributed by atoms with Gasteiger partial charge in [-0.15, -0.1) is 0 Å². The number of aryl methyl sites for hydroxylation is 2. The van der Waals surface area contributed by atoms with Gasteiger partial charge < -0.3 is 10.2 Å². The van der Waals surface area contributed by atoms with Gasteiger partial charge in [-0.25, -0.2) is 0 Å². The third-order valence-electron chi connectivity index (χ3n) is 4.80. The van der Waals surface area contributed by atoms with E-state index >= 15 is 0 Å². The molecule has 1 fully saturated rings. The van der Waals surface area contributed by atoms with E-state index in [1.807, 2.05) is 0 Å². The van der Waals surface area contributed by atoms with Crippen LogP contribution < -0.4 is 10.2 Å². The van der Waals surface area contributed by atoms with Gasteiger partial charge in [-0.2, -0.15) is 0 Å². The molecule has 2 heteroatoms. The minimum absolute atomic E-state index is 0.241. The summed E-state index contributed by atoms with van der Waals surface area (Å²) in [6.07, 6.45) is 2.37. The fourth-order valence-electron chi connectivity index (χ4n) is 2.84. The van der Waals surface area contributed by atoms with Gasteiger partial charge in [-0.3, -0.25) is 0 Å². The third-order valence-corrected chi connectivity index (χ3v) is 4.80. The first-order chi connectivity index (χ1) is 8.99. The Labute approximate surface area is 118 Å². The van der Waals surface area contributed by atoms with Crippen LogP contribution in [0.1, 0.15) is 44.7 Å². The average molecular weight is 260 g/mol. The van der Waals surface area contributed by atoms with Crippen LogP contribution >= 0.6 is 0 Å². The predicted octanol–water partition coefficient (Wildman–Crippen LogP) is 3.66. The summed E-state index contributed by atoms with van der Waals surface area (Å²) in [6.45, 7) is 13.5. The molecule has 2 rings (SSSR count). The topological polar surface area (TPSA) is 15.3 Å². The van der Waals surface area contributed by atoms with Crippen molar-refractivity contribution in [3.8, 4) is 0 Å². The largest absolute Gasteiger partial charge is 0.365 e. The van der Waals surface area contributed by atoms with Crippen LogP contribution in [0, 0.1) is 13.8 Å². The maximum atomic E-state index is 3.73. The minimum Gasteiger partial charge on any atom is -0.365 e. The standard InChI is InChI=1S/C17H28N2/c1-6-15-11-18-17(5,7-2)12-19(15)16-9-8-13(3)14(4)10-16/h8-10,15,18H,6-7,11-12H2,1-5H3. The van der Waals surface area contributed by atoms with Crippen LogP contribution in [0.5, 0.6) is 0 Å². The van der Waals surface area contributed by atoms with Gasteiger partial charge in [0.05, 0.1) is 0 Å². The van der Waals surface area contributed by atoms with Gasteiger partial charge in [-0.1, -0.05) is 19.9 Å². The molecule has 1 aromatic carbocycles. The second kappa shape index (κ2) is 5.54. The van der Waals surface area contributed by atoms with Crippen LogP contribution in [-0.4, -0.2) is 24.7 Å². The van der Waals surface area contributed by atoms with E-state index in [2.05, 4.69) is 63.0 Å². The molecule has 1 aliphatic heterocycles. The Kier molecular flexibility index (Phi) is 4.19. The molecule has 0 bridgehead atoms. The van der Waals surface area contributed by atoms with Crippen molar-refractivity contribution in [2.24, 2.45) is 0 Å². The number of rotatable bonds is 3. The molecule has 1 aliphatic rings. The lowest BCUT2D eigenvalue weighted by Gasteiger charge is -2.47. The Morgan fingerprint density at radius 1 is 1.26 bits per heavy atom. The van der Waals surface area contributed by atoms with Gasteiger partial charge in [0.25, 0.3) is 0 Å². The SMILES string of the molecule is CCC1CNC(C)(CC)CN1c1ccc(C)c(C)c1. The molecule has 2 atom stereocenters. The molecule has 2 unspecified atom stereocenters. The summed E-state index contributed by atoms with van der Waals surface area (Å²) in [5, 5.41) is 3.73. The van der Waals surface area contributed by atoms with E-state index in [9.17, 15) is 0 Å². The van der Waals surface area contributed by atoms with E-state index in [4.69, 9.17) is 0 Å². The summed E-state index contributed by atoms with van der Waals surface area (Å²) in [4.78, 5) is 2.60. The van der Waals surface area contributed by atoms with Crippen molar-refractivity contribution in [1.82, 2.24) is 5.32 Å². The third kappa shape index (κ3) is 2.94. The summed E-state index contributed by atoms with van der Waals surface area (Å²) in [5.41, 5.74) is 4.40. The summed E-state index contributed by atoms with van der Waals surface area (Å²) < 4.78 is 0. The summed E-state index contributed by atoms with van der Waals surface area (Å²) in [5.74, 6) is 0. The lowest BCUT2D eigenvalue weighted by atomic mass is 9.92. The molecule has 1 aromatic rings. The Morgan fingerprint density at radius 3 is 2.58 bits per heavy atom. The Morgan fingerprint density at radius 2 is 2.00 bits per heavy atom. The van der Waals surface area contributed by atoms with Crippen LogP contribution in [0.25, 0.3) is 0 Å². The zero-order valence-corrected chi connectivity index (χ0v) is 13.1. The zero-order chi connectivity index (χ0) is 14.0. The first kappa shape index (κ1) is 14.4. The Balaban J connectivity index is 2.29. The van der Waals surface area contributed by atoms with Gasteiger partial charge >= 0.3 is 0 Å². The van der Waals surface area contributed by atoms with E-state index in [1.54, 1.807) is 0 Å². The van der Waals surface area contributed by atoms with E-state index in [-0.39, 0.29) is 5.54 Å². The molecule has 1 N–H and O–H groups in total. The van der Waals surface area contributed by atoms with Crippen molar-refractivity contribution in [1.29, 1.82) is 0 Å². The van der Waals surface area contributed by atoms with Crippen LogP contribution in [-0.2, 0) is 0 Å². The number of hydrogen-bond acceptors (Lipinski definition) is 2. The number of nitrogens with one attached hydrogen (secondary N) is 1. The highest BCUT2D eigenvalue weighted by Gasteiger charge is 2.33. The van der Waals surface area contributed by atoms with Gasteiger partial charge in [0.1, 0.15) is 0 Å². The summed E-state index contributed by atoms with van der Waals surface area (Å²) in [6, 6.07) is 7.50. The Hall–Kier alpha value is -1.02. The predicted molar refractivity (Wildman–Crippen MR) is 84.0 cm³/mol. The zero-order valence-electron chi connectivity index (χ0n) is 13.1. The minimum atomic E-state index is 0.241. The van der Waals surface area contributed by atoms with Crippen molar-refractivity contribution < 1.29 is 0 Å². The fraction of sp³-hybridized carbons (Fsp3) is 0.647. The molecule has 1 saturated heterocycles. The van der Waals surface area contributed by atoms with Crippen LogP contribution in [0.2, 0.25) is 0 Å². The monoisotopic (exact) mass is 260 g/mol. The fourth-order valence-corrected chi connectivity index (χ4v) is 2.84. The van der Waals surface area contributed by atoms with E-state index in [0.29, 0.717) is 6.04 Å². The smallest absolute Gasteiger partial charge is 0.0412 e. The molecule has 0 radical (unpaired) electrons. The van der Waals surface area contributed by atoms with Crippen molar-refractivity contribution in [2.75, 3.05) is 18.0 Å². The van der Waals surface area contributed by atoms with Crippen molar-refractivity contribution in [2.45, 2.75) is 59.0 Å². The quantitative estimate of drug-likeness (QED) is 0.892. The van der Waals surface area contributed by atoms with Crippen LogP contribution in [0.3, 0.4) is 0 Å². The van der Waals surface area contributed by atoms with E-state index in [0.717, 1.165) is 13.1 Å². The number of piperazine rings is 1. The van der Waals surface area contributed by atoms with E-state index < -0.39 is 0 Å². The average Bonchev–Trinajstić information content (AvgIpc) is 2.42. The highest BCUT2D eigenvalue weighted by molar-refractivity contribution is 5.52. The normalized spacial score (nSPS) is 27.6. The lowest BCUT2D eigenvalue weighted by molar-refractivity contribution is 0.276. The Bertz CT molecular complexity index is 441. The molecule has 0 spiro atoms. The molecule has 0 saturated carbocycles. The van der Waals surface area contributed by atoms with E-state index in [1.165, 1.54) is 29.7 Å². The van der Waals surface area contributed by atoms with Gasteiger partial charge in [0.2, 0.25) is 0 Å². The molecule has 19 heavy (non-hydrogen) atoms. The van der Waals surface area contributed by atoms with Crippen molar-refractivity contribution >= 4 is 5.69 Å². The molecular weight excluding hydrogens is 232 g/mol. The molecule has 0 aliphatic carbocycles. The second-order valence-corrected chi connectivity index (χ2v) is 6.25. The van der Waals surface area contributed by atoms with Crippen molar-refractivity contribution in [3.05, 3.63) is 29.3 Å². The second-order valence-electron chi connectivity index (χ2n) is 6.25. The highest BCUT2D eigenvalue weighted by Crippen LogP contribution is 2.28. The number of benzene rings is 1. The maximum Gasteiger partial charge on any atom is 0.0412 e. The number of hydrogen-bond donors (Lipinski definition) is 1. The van der Waals surface area contributed by atoms with Crippen LogP contribution in [0.15, 0.2) is 18.2 Å². The number of nitrogens with zero attached hydrogens (tertiary/aromatic N) is 1. The van der Waals surface area contributed by atoms with Crippen molar-refractivity contribution in [3.63, 3.8) is 0 Å². The molecule has 0 amide bonds. The van der Waals surface area contributed by atoms with Gasteiger partial charge in [0.15, 0.2) is 0 Å². The molecule has 2 nitrogen and oxygen atoms in total. The molecule has 106 valence electrons. The number of anilines is 1.